The van der Waals surface area contributed by atoms with Crippen LogP contribution in [0.2, 0.25) is 0 Å². The van der Waals surface area contributed by atoms with Gasteiger partial charge in [0.05, 0.1) is 11.3 Å². The van der Waals surface area contributed by atoms with E-state index in [1.165, 1.54) is 19.3 Å². The highest BCUT2D eigenvalue weighted by atomic mass is 16.2. The van der Waals surface area contributed by atoms with Gasteiger partial charge in [0.2, 0.25) is 5.91 Å². The number of rotatable bonds is 4. The van der Waals surface area contributed by atoms with E-state index in [1.54, 1.807) is 6.07 Å². The number of nitrogens with one attached hydrogen (secondary N) is 2. The molecule has 22 heavy (non-hydrogen) atoms. The van der Waals surface area contributed by atoms with E-state index in [9.17, 15) is 9.59 Å². The Morgan fingerprint density at radius 1 is 1.00 bits per heavy atom. The van der Waals surface area contributed by atoms with Crippen molar-refractivity contribution in [2.24, 2.45) is 17.8 Å². The van der Waals surface area contributed by atoms with Gasteiger partial charge in [-0.1, -0.05) is 18.6 Å². The summed E-state index contributed by atoms with van der Waals surface area (Å²) in [6.45, 7) is 0. The van der Waals surface area contributed by atoms with Crippen LogP contribution in [0, 0.1) is 17.8 Å². The maximum absolute atomic E-state index is 12.6. The van der Waals surface area contributed by atoms with Crippen molar-refractivity contribution in [2.45, 2.75) is 44.6 Å². The van der Waals surface area contributed by atoms with Crippen LogP contribution in [0.3, 0.4) is 0 Å². The predicted molar refractivity (Wildman–Crippen MR) is 84.5 cm³/mol. The standard InChI is InChI=1S/C18H22N2O2/c21-17(19-13-7-8-13)14-3-1-2-4-16(14)20-18(22)15-10-11-5-6-12(15)9-11/h1-4,11-13,15H,5-10H2,(H,19,21)(H,20,22)/t11-,12-,15+/m0/s1. The lowest BCUT2D eigenvalue weighted by atomic mass is 9.88. The second-order valence-electron chi connectivity index (χ2n) is 7.06. The Kier molecular flexibility index (Phi) is 3.40. The van der Waals surface area contributed by atoms with E-state index in [4.69, 9.17) is 0 Å². The van der Waals surface area contributed by atoms with Crippen LogP contribution in [0.5, 0.6) is 0 Å². The van der Waals surface area contributed by atoms with Crippen molar-refractivity contribution in [3.63, 3.8) is 0 Å². The fourth-order valence-electron chi connectivity index (χ4n) is 4.07. The summed E-state index contributed by atoms with van der Waals surface area (Å²) in [6, 6.07) is 7.64. The van der Waals surface area contributed by atoms with Crippen molar-refractivity contribution >= 4 is 17.5 Å². The molecule has 1 aromatic carbocycles. The molecule has 0 heterocycles. The average molecular weight is 298 g/mol. The van der Waals surface area contributed by atoms with E-state index < -0.39 is 0 Å². The summed E-state index contributed by atoms with van der Waals surface area (Å²) in [7, 11) is 0. The van der Waals surface area contributed by atoms with Crippen molar-refractivity contribution in [3.05, 3.63) is 29.8 Å². The van der Waals surface area contributed by atoms with Gasteiger partial charge in [0.15, 0.2) is 0 Å². The number of carbonyl (C=O) groups excluding carboxylic acids is 2. The number of anilines is 1. The fourth-order valence-corrected chi connectivity index (χ4v) is 4.07. The first-order valence-electron chi connectivity index (χ1n) is 8.41. The topological polar surface area (TPSA) is 58.2 Å². The molecule has 0 radical (unpaired) electrons. The molecule has 0 aliphatic heterocycles. The smallest absolute Gasteiger partial charge is 0.253 e. The van der Waals surface area contributed by atoms with Gasteiger partial charge in [0, 0.05) is 12.0 Å². The molecule has 3 saturated carbocycles. The minimum absolute atomic E-state index is 0.0775. The van der Waals surface area contributed by atoms with Crippen molar-refractivity contribution in [1.29, 1.82) is 0 Å². The van der Waals surface area contributed by atoms with E-state index >= 15 is 0 Å². The third kappa shape index (κ3) is 2.62. The van der Waals surface area contributed by atoms with Gasteiger partial charge in [0.1, 0.15) is 0 Å². The molecule has 3 aliphatic rings. The molecule has 0 spiro atoms. The second-order valence-corrected chi connectivity index (χ2v) is 7.06. The van der Waals surface area contributed by atoms with Crippen molar-refractivity contribution in [2.75, 3.05) is 5.32 Å². The molecule has 2 amide bonds. The first kappa shape index (κ1) is 13.8. The Morgan fingerprint density at radius 2 is 1.82 bits per heavy atom. The third-order valence-corrected chi connectivity index (χ3v) is 5.42. The van der Waals surface area contributed by atoms with Gasteiger partial charge in [-0.25, -0.2) is 0 Å². The Bertz CT molecular complexity index is 609. The van der Waals surface area contributed by atoms with Crippen LogP contribution in [-0.2, 0) is 4.79 Å². The zero-order valence-electron chi connectivity index (χ0n) is 12.7. The zero-order chi connectivity index (χ0) is 15.1. The minimum atomic E-state index is -0.0775. The molecular weight excluding hydrogens is 276 g/mol. The highest BCUT2D eigenvalue weighted by Crippen LogP contribution is 2.48. The molecule has 3 fully saturated rings. The van der Waals surface area contributed by atoms with Gasteiger partial charge in [-0.15, -0.1) is 0 Å². The quantitative estimate of drug-likeness (QED) is 0.898. The summed E-state index contributed by atoms with van der Waals surface area (Å²) in [5.41, 5.74) is 1.22. The van der Waals surface area contributed by atoms with Crippen LogP contribution in [0.1, 0.15) is 48.9 Å². The number of fused-ring (bicyclic) bond motifs is 2. The summed E-state index contributed by atoms with van der Waals surface area (Å²) in [5.74, 6) is 1.45. The Hall–Kier alpha value is -1.84. The van der Waals surface area contributed by atoms with Gasteiger partial charge in [-0.05, 0) is 56.1 Å². The van der Waals surface area contributed by atoms with E-state index in [-0.39, 0.29) is 17.7 Å². The van der Waals surface area contributed by atoms with Crippen molar-refractivity contribution in [1.82, 2.24) is 5.32 Å². The molecular formula is C18H22N2O2. The van der Waals surface area contributed by atoms with Crippen LogP contribution >= 0.6 is 0 Å². The van der Waals surface area contributed by atoms with Crippen LogP contribution in [0.15, 0.2) is 24.3 Å². The lowest BCUT2D eigenvalue weighted by Gasteiger charge is -2.21. The van der Waals surface area contributed by atoms with Crippen LogP contribution in [-0.4, -0.2) is 17.9 Å². The summed E-state index contributed by atoms with van der Waals surface area (Å²) >= 11 is 0. The van der Waals surface area contributed by atoms with E-state index in [1.807, 2.05) is 18.2 Å². The van der Waals surface area contributed by atoms with E-state index in [2.05, 4.69) is 10.6 Å². The molecule has 116 valence electrons. The number of para-hydroxylation sites is 1. The minimum Gasteiger partial charge on any atom is -0.349 e. The first-order chi connectivity index (χ1) is 10.7. The summed E-state index contributed by atoms with van der Waals surface area (Å²) in [4.78, 5) is 24.9. The maximum atomic E-state index is 12.6. The van der Waals surface area contributed by atoms with E-state index in [0.717, 1.165) is 25.2 Å². The fraction of sp³-hybridized carbons (Fsp3) is 0.556. The molecule has 4 rings (SSSR count). The molecule has 0 saturated heterocycles. The van der Waals surface area contributed by atoms with Crippen molar-refractivity contribution in [3.8, 4) is 0 Å². The normalized spacial score (nSPS) is 29.4. The SMILES string of the molecule is O=C(NC1CC1)c1ccccc1NC(=O)[C@@H]1C[C@H]2CC[C@H]1C2. The second kappa shape index (κ2) is 5.41. The van der Waals surface area contributed by atoms with Gasteiger partial charge in [-0.3, -0.25) is 9.59 Å². The molecule has 2 N–H and O–H groups in total. The summed E-state index contributed by atoms with van der Waals surface area (Å²) < 4.78 is 0. The first-order valence-corrected chi connectivity index (χ1v) is 8.41. The number of hydrogen-bond donors (Lipinski definition) is 2. The van der Waals surface area contributed by atoms with Gasteiger partial charge in [0.25, 0.3) is 5.91 Å². The highest BCUT2D eigenvalue weighted by Gasteiger charge is 2.43. The molecule has 3 atom stereocenters. The Labute approximate surface area is 130 Å². The lowest BCUT2D eigenvalue weighted by molar-refractivity contribution is -0.121. The number of benzene rings is 1. The number of carbonyl (C=O) groups is 2. The molecule has 3 aliphatic carbocycles. The number of hydrogen-bond acceptors (Lipinski definition) is 2. The third-order valence-electron chi connectivity index (χ3n) is 5.42. The Morgan fingerprint density at radius 3 is 2.50 bits per heavy atom. The monoisotopic (exact) mass is 298 g/mol. The Balaban J connectivity index is 1.47. The number of amides is 2. The van der Waals surface area contributed by atoms with Crippen LogP contribution < -0.4 is 10.6 Å². The lowest BCUT2D eigenvalue weighted by Crippen LogP contribution is -2.30. The van der Waals surface area contributed by atoms with Crippen molar-refractivity contribution < 1.29 is 9.59 Å². The van der Waals surface area contributed by atoms with E-state index in [0.29, 0.717) is 23.2 Å². The molecule has 4 heteroatoms. The molecule has 4 nitrogen and oxygen atoms in total. The predicted octanol–water partition coefficient (Wildman–Crippen LogP) is 2.95. The largest absolute Gasteiger partial charge is 0.349 e. The van der Waals surface area contributed by atoms with Crippen LogP contribution in [0.4, 0.5) is 5.69 Å². The summed E-state index contributed by atoms with van der Waals surface area (Å²) in [5, 5.41) is 6.00. The average Bonchev–Trinajstić information content (AvgIpc) is 3.08. The highest BCUT2D eigenvalue weighted by molar-refractivity contribution is 6.04. The molecule has 2 bridgehead atoms. The summed E-state index contributed by atoms with van der Waals surface area (Å²) in [6.07, 6.45) is 6.83. The molecule has 0 unspecified atom stereocenters. The van der Waals surface area contributed by atoms with Gasteiger partial charge in [-0.2, -0.15) is 0 Å². The van der Waals surface area contributed by atoms with Gasteiger partial charge >= 0.3 is 0 Å². The van der Waals surface area contributed by atoms with Crippen LogP contribution in [0.25, 0.3) is 0 Å². The maximum Gasteiger partial charge on any atom is 0.253 e. The molecule has 0 aromatic heterocycles. The zero-order valence-corrected chi connectivity index (χ0v) is 12.7. The molecule has 1 aromatic rings. The van der Waals surface area contributed by atoms with Gasteiger partial charge < -0.3 is 10.6 Å².